The van der Waals surface area contributed by atoms with Crippen LogP contribution in [-0.4, -0.2) is 24.5 Å². The Morgan fingerprint density at radius 1 is 0.955 bits per heavy atom. The molecule has 4 aromatic rings. The van der Waals surface area contributed by atoms with E-state index in [1.165, 1.54) is 0 Å². The third-order valence-corrected chi connectivity index (χ3v) is 3.80. The first-order chi connectivity index (χ1) is 10.8. The van der Waals surface area contributed by atoms with Crippen LogP contribution in [0.3, 0.4) is 0 Å². The van der Waals surface area contributed by atoms with Gasteiger partial charge in [-0.1, -0.05) is 48.5 Å². The Bertz CT molecular complexity index is 921. The maximum absolute atomic E-state index is 4.81. The van der Waals surface area contributed by atoms with Gasteiger partial charge in [-0.2, -0.15) is 10.2 Å². The van der Waals surface area contributed by atoms with Gasteiger partial charge in [0.05, 0.1) is 5.52 Å². The predicted molar refractivity (Wildman–Crippen MR) is 85.3 cm³/mol. The number of hydrogen-bond donors (Lipinski definition) is 0. The van der Waals surface area contributed by atoms with Crippen LogP contribution in [0.5, 0.6) is 0 Å². The van der Waals surface area contributed by atoms with Gasteiger partial charge in [0.2, 0.25) is 0 Å². The second-order valence-corrected chi connectivity index (χ2v) is 5.19. The molecule has 0 fully saturated rings. The molecule has 0 unspecified atom stereocenters. The third-order valence-electron chi connectivity index (χ3n) is 3.80. The van der Waals surface area contributed by atoms with Crippen molar-refractivity contribution in [3.63, 3.8) is 0 Å². The lowest BCUT2D eigenvalue weighted by Crippen LogP contribution is -2.08. The minimum absolute atomic E-state index is 0.601. The second-order valence-electron chi connectivity index (χ2n) is 5.19. The minimum atomic E-state index is 0.601. The number of rotatable bonds is 3. The summed E-state index contributed by atoms with van der Waals surface area (Å²) >= 11 is 0. The smallest absolute Gasteiger partial charge is 0.148 e. The summed E-state index contributed by atoms with van der Waals surface area (Å²) in [5.74, 6) is 0.882. The van der Waals surface area contributed by atoms with Gasteiger partial charge in [0.1, 0.15) is 24.4 Å². The van der Waals surface area contributed by atoms with Crippen LogP contribution in [0, 0.1) is 0 Å². The van der Waals surface area contributed by atoms with Gasteiger partial charge < -0.3 is 0 Å². The molecule has 0 atom stereocenters. The summed E-state index contributed by atoms with van der Waals surface area (Å²) in [5, 5.41) is 10.1. The predicted octanol–water partition coefficient (Wildman–Crippen LogP) is 2.88. The largest absolute Gasteiger partial charge is 0.257 e. The van der Waals surface area contributed by atoms with Crippen molar-refractivity contribution in [1.82, 2.24) is 24.5 Å². The molecule has 2 aromatic heterocycles. The molecule has 2 heterocycles. The highest BCUT2D eigenvalue weighted by atomic mass is 15.4. The Morgan fingerprint density at radius 3 is 2.50 bits per heavy atom. The molecule has 0 aliphatic rings. The fourth-order valence-corrected chi connectivity index (χ4v) is 2.65. The first kappa shape index (κ1) is 12.8. The van der Waals surface area contributed by atoms with E-state index in [4.69, 9.17) is 5.10 Å². The fraction of sp³-hybridized carbons (Fsp3) is 0.118. The van der Waals surface area contributed by atoms with Crippen LogP contribution in [0.1, 0.15) is 5.82 Å². The third kappa shape index (κ3) is 2.07. The van der Waals surface area contributed by atoms with Gasteiger partial charge >= 0.3 is 0 Å². The topological polar surface area (TPSA) is 48.5 Å². The fourth-order valence-electron chi connectivity index (χ4n) is 2.65. The Kier molecular flexibility index (Phi) is 2.96. The van der Waals surface area contributed by atoms with E-state index in [9.17, 15) is 0 Å². The van der Waals surface area contributed by atoms with Gasteiger partial charge in [0.15, 0.2) is 0 Å². The van der Waals surface area contributed by atoms with E-state index in [0.717, 1.165) is 28.0 Å². The van der Waals surface area contributed by atoms with Crippen molar-refractivity contribution in [2.45, 2.75) is 6.54 Å². The molecule has 2 aromatic carbocycles. The van der Waals surface area contributed by atoms with Gasteiger partial charge in [-0.25, -0.2) is 4.98 Å². The summed E-state index contributed by atoms with van der Waals surface area (Å²) in [6.45, 7) is 0.601. The lowest BCUT2D eigenvalue weighted by atomic mass is 10.1. The standard InChI is InChI=1S/C17H15N5/c1-21-16(18-12-19-21)11-22-15-10-6-5-9-14(15)17(20-22)13-7-3-2-4-8-13/h2-10,12H,11H2,1H3. The number of fused-ring (bicyclic) bond motifs is 1. The van der Waals surface area contributed by atoms with Gasteiger partial charge in [-0.3, -0.25) is 9.36 Å². The summed E-state index contributed by atoms with van der Waals surface area (Å²) in [6.07, 6.45) is 1.57. The zero-order chi connectivity index (χ0) is 14.9. The van der Waals surface area contributed by atoms with Gasteiger partial charge in [-0.15, -0.1) is 0 Å². The molecule has 0 amide bonds. The average Bonchev–Trinajstić information content (AvgIpc) is 3.13. The van der Waals surface area contributed by atoms with Crippen LogP contribution in [0.15, 0.2) is 60.9 Å². The molecule has 22 heavy (non-hydrogen) atoms. The monoisotopic (exact) mass is 289 g/mol. The van der Waals surface area contributed by atoms with Crippen molar-refractivity contribution in [1.29, 1.82) is 0 Å². The number of aromatic nitrogens is 5. The first-order valence-corrected chi connectivity index (χ1v) is 7.17. The van der Waals surface area contributed by atoms with Gasteiger partial charge in [0.25, 0.3) is 0 Å². The van der Waals surface area contributed by atoms with Crippen molar-refractivity contribution >= 4 is 10.9 Å². The van der Waals surface area contributed by atoms with E-state index in [2.05, 4.69) is 34.3 Å². The van der Waals surface area contributed by atoms with Crippen LogP contribution in [0.4, 0.5) is 0 Å². The second kappa shape index (κ2) is 5.11. The van der Waals surface area contributed by atoms with Crippen molar-refractivity contribution < 1.29 is 0 Å². The highest BCUT2D eigenvalue weighted by molar-refractivity contribution is 5.93. The van der Waals surface area contributed by atoms with Crippen molar-refractivity contribution in [3.8, 4) is 11.3 Å². The summed E-state index contributed by atoms with van der Waals surface area (Å²) in [5.41, 5.74) is 3.22. The van der Waals surface area contributed by atoms with Crippen LogP contribution in [0.2, 0.25) is 0 Å². The molecule has 0 aliphatic heterocycles. The highest BCUT2D eigenvalue weighted by Crippen LogP contribution is 2.27. The Morgan fingerprint density at radius 2 is 1.73 bits per heavy atom. The van der Waals surface area contributed by atoms with Gasteiger partial charge in [0, 0.05) is 18.0 Å². The maximum atomic E-state index is 4.81. The molecule has 0 bridgehead atoms. The van der Waals surface area contributed by atoms with E-state index in [-0.39, 0.29) is 0 Å². The van der Waals surface area contributed by atoms with Gasteiger partial charge in [-0.05, 0) is 6.07 Å². The number of nitrogens with zero attached hydrogens (tertiary/aromatic N) is 5. The quantitative estimate of drug-likeness (QED) is 0.582. The lowest BCUT2D eigenvalue weighted by Gasteiger charge is -2.02. The van der Waals surface area contributed by atoms with E-state index in [1.54, 1.807) is 11.0 Å². The van der Waals surface area contributed by atoms with Crippen molar-refractivity contribution in [2.75, 3.05) is 0 Å². The Balaban J connectivity index is 1.88. The summed E-state index contributed by atoms with van der Waals surface area (Å²) < 4.78 is 3.76. The molecule has 5 heteroatoms. The maximum Gasteiger partial charge on any atom is 0.148 e. The van der Waals surface area contributed by atoms with Crippen LogP contribution < -0.4 is 0 Å². The molecule has 5 nitrogen and oxygen atoms in total. The van der Waals surface area contributed by atoms with Crippen molar-refractivity contribution in [3.05, 3.63) is 66.7 Å². The Labute approximate surface area is 127 Å². The van der Waals surface area contributed by atoms with Crippen LogP contribution >= 0.6 is 0 Å². The molecular weight excluding hydrogens is 274 g/mol. The molecule has 4 rings (SSSR count). The Hall–Kier alpha value is -2.95. The minimum Gasteiger partial charge on any atom is -0.257 e. The molecule has 0 N–H and O–H groups in total. The van der Waals surface area contributed by atoms with E-state index in [0.29, 0.717) is 6.54 Å². The van der Waals surface area contributed by atoms with E-state index < -0.39 is 0 Å². The normalized spacial score (nSPS) is 11.1. The number of hydrogen-bond acceptors (Lipinski definition) is 3. The zero-order valence-corrected chi connectivity index (χ0v) is 12.2. The molecule has 0 radical (unpaired) electrons. The number of para-hydroxylation sites is 1. The molecule has 0 spiro atoms. The first-order valence-electron chi connectivity index (χ1n) is 7.17. The molecule has 108 valence electrons. The number of benzene rings is 2. The average molecular weight is 289 g/mol. The highest BCUT2D eigenvalue weighted by Gasteiger charge is 2.13. The molecule has 0 saturated heterocycles. The van der Waals surface area contributed by atoms with Crippen molar-refractivity contribution in [2.24, 2.45) is 7.05 Å². The van der Waals surface area contributed by atoms with Crippen LogP contribution in [-0.2, 0) is 13.6 Å². The van der Waals surface area contributed by atoms with Crippen LogP contribution in [0.25, 0.3) is 22.2 Å². The summed E-state index contributed by atoms with van der Waals surface area (Å²) in [4.78, 5) is 4.29. The van der Waals surface area contributed by atoms with E-state index in [1.807, 2.05) is 42.1 Å². The molecule has 0 aliphatic carbocycles. The summed E-state index contributed by atoms with van der Waals surface area (Å²) in [7, 11) is 1.89. The molecule has 0 saturated carbocycles. The summed E-state index contributed by atoms with van der Waals surface area (Å²) in [6, 6.07) is 18.5. The van der Waals surface area contributed by atoms with E-state index >= 15 is 0 Å². The SMILES string of the molecule is Cn1ncnc1Cn1nc(-c2ccccc2)c2ccccc21. The zero-order valence-electron chi connectivity index (χ0n) is 12.2. The lowest BCUT2D eigenvalue weighted by molar-refractivity contribution is 0.623. The number of aryl methyl sites for hydroxylation is 1. The molecular formula is C17H15N5.